The first-order chi connectivity index (χ1) is 15.7. The molecule has 3 aromatic rings. The molecular weight excluding hydrogens is 416 g/mol. The predicted molar refractivity (Wildman–Crippen MR) is 130 cm³/mol. The number of amides is 2. The van der Waals surface area contributed by atoms with Gasteiger partial charge in [0.05, 0.1) is 0 Å². The molecule has 2 amide bonds. The highest BCUT2D eigenvalue weighted by molar-refractivity contribution is 7.10. The summed E-state index contributed by atoms with van der Waals surface area (Å²) < 4.78 is 0. The summed E-state index contributed by atoms with van der Waals surface area (Å²) in [7, 11) is 0. The van der Waals surface area contributed by atoms with E-state index in [-0.39, 0.29) is 11.9 Å². The summed E-state index contributed by atoms with van der Waals surface area (Å²) in [4.78, 5) is 28.6. The molecule has 162 valence electrons. The fourth-order valence-electron chi connectivity index (χ4n) is 4.25. The van der Waals surface area contributed by atoms with Gasteiger partial charge in [-0.1, -0.05) is 67.8 Å². The second kappa shape index (κ2) is 10.3. The van der Waals surface area contributed by atoms with Gasteiger partial charge in [0.25, 0.3) is 0 Å². The fourth-order valence-corrected chi connectivity index (χ4v) is 5.06. The third-order valence-corrected chi connectivity index (χ3v) is 6.79. The zero-order chi connectivity index (χ0) is 22.3. The summed E-state index contributed by atoms with van der Waals surface area (Å²) in [5, 5.41) is 5.09. The molecule has 4 rings (SSSR count). The molecule has 1 atom stereocenters. The van der Waals surface area contributed by atoms with Gasteiger partial charge < -0.3 is 5.32 Å². The molecule has 0 aliphatic heterocycles. The Labute approximate surface area is 193 Å². The van der Waals surface area contributed by atoms with Gasteiger partial charge in [-0.2, -0.15) is 0 Å². The molecule has 32 heavy (non-hydrogen) atoms. The van der Waals surface area contributed by atoms with Crippen LogP contribution in [-0.2, 0) is 9.59 Å². The van der Waals surface area contributed by atoms with E-state index in [1.165, 1.54) is 22.7 Å². The van der Waals surface area contributed by atoms with Crippen LogP contribution in [0.15, 0.2) is 72.1 Å². The molecule has 1 fully saturated rings. The first kappa shape index (κ1) is 21.9. The lowest BCUT2D eigenvalue weighted by atomic mass is 9.95. The number of rotatable bonds is 6. The lowest BCUT2D eigenvalue weighted by Gasteiger charge is -2.31. The average molecular weight is 443 g/mol. The van der Waals surface area contributed by atoms with Crippen molar-refractivity contribution < 1.29 is 9.59 Å². The Kier molecular flexibility index (Phi) is 7.03. The van der Waals surface area contributed by atoms with Crippen LogP contribution in [0, 0.1) is 12.3 Å². The minimum absolute atomic E-state index is 0.141. The van der Waals surface area contributed by atoms with E-state index in [0.717, 1.165) is 41.7 Å². The molecule has 1 aliphatic carbocycles. The van der Waals surface area contributed by atoms with Gasteiger partial charge in [0.1, 0.15) is 0 Å². The SMILES string of the molecule is C#CC(=O)N(c1ccc(-c2ccccc2)cc1)C(C(=O)NC1CCCCC1)c1cccs1. The minimum Gasteiger partial charge on any atom is -0.351 e. The van der Waals surface area contributed by atoms with Gasteiger partial charge in [0, 0.05) is 16.6 Å². The molecule has 0 radical (unpaired) electrons. The van der Waals surface area contributed by atoms with Crippen LogP contribution in [0.4, 0.5) is 5.69 Å². The van der Waals surface area contributed by atoms with Crippen LogP contribution < -0.4 is 10.2 Å². The van der Waals surface area contributed by atoms with E-state index in [2.05, 4.69) is 11.2 Å². The summed E-state index contributed by atoms with van der Waals surface area (Å²) in [6.45, 7) is 0. The molecular formula is C27H26N2O2S. The Balaban J connectivity index is 1.67. The monoisotopic (exact) mass is 442 g/mol. The van der Waals surface area contributed by atoms with Crippen LogP contribution in [-0.4, -0.2) is 17.9 Å². The van der Waals surface area contributed by atoms with Crippen molar-refractivity contribution in [2.45, 2.75) is 44.2 Å². The van der Waals surface area contributed by atoms with Gasteiger partial charge in [-0.3, -0.25) is 14.5 Å². The summed E-state index contributed by atoms with van der Waals surface area (Å²) in [5.41, 5.74) is 2.71. The molecule has 2 aromatic carbocycles. The van der Waals surface area contributed by atoms with E-state index in [0.29, 0.717) is 5.69 Å². The number of carbonyl (C=O) groups is 2. The quantitative estimate of drug-likeness (QED) is 0.507. The Morgan fingerprint density at radius 1 is 0.938 bits per heavy atom. The molecule has 1 aromatic heterocycles. The summed E-state index contributed by atoms with van der Waals surface area (Å²) in [5.74, 6) is 1.50. The van der Waals surface area contributed by atoms with Crippen LogP contribution in [0.1, 0.15) is 43.0 Å². The Bertz CT molecular complexity index is 1080. The first-order valence-electron chi connectivity index (χ1n) is 11.0. The molecule has 1 heterocycles. The highest BCUT2D eigenvalue weighted by Crippen LogP contribution is 2.33. The van der Waals surface area contributed by atoms with E-state index in [9.17, 15) is 9.59 Å². The normalized spacial score (nSPS) is 14.8. The van der Waals surface area contributed by atoms with E-state index in [1.807, 2.05) is 72.1 Å². The highest BCUT2D eigenvalue weighted by atomic mass is 32.1. The number of thiophene rings is 1. The van der Waals surface area contributed by atoms with E-state index in [1.54, 1.807) is 0 Å². The second-order valence-electron chi connectivity index (χ2n) is 7.99. The van der Waals surface area contributed by atoms with Crippen molar-refractivity contribution in [2.75, 3.05) is 4.90 Å². The fraction of sp³-hybridized carbons (Fsp3) is 0.259. The predicted octanol–water partition coefficient (Wildman–Crippen LogP) is 5.57. The van der Waals surface area contributed by atoms with Crippen molar-refractivity contribution in [1.82, 2.24) is 5.32 Å². The molecule has 1 unspecified atom stereocenters. The number of nitrogens with one attached hydrogen (secondary N) is 1. The van der Waals surface area contributed by atoms with Crippen molar-refractivity contribution in [3.63, 3.8) is 0 Å². The molecule has 0 spiro atoms. The molecule has 0 bridgehead atoms. The zero-order valence-electron chi connectivity index (χ0n) is 17.9. The Hall–Kier alpha value is -3.36. The third kappa shape index (κ3) is 4.92. The zero-order valence-corrected chi connectivity index (χ0v) is 18.7. The van der Waals surface area contributed by atoms with Crippen molar-refractivity contribution in [3.05, 3.63) is 77.0 Å². The maximum atomic E-state index is 13.5. The van der Waals surface area contributed by atoms with Gasteiger partial charge in [0.15, 0.2) is 6.04 Å². The molecule has 1 N–H and O–H groups in total. The summed E-state index contributed by atoms with van der Waals surface area (Å²) >= 11 is 1.45. The van der Waals surface area contributed by atoms with E-state index >= 15 is 0 Å². The first-order valence-corrected chi connectivity index (χ1v) is 11.8. The minimum atomic E-state index is -0.803. The number of terminal acetylenes is 1. The van der Waals surface area contributed by atoms with Crippen molar-refractivity contribution in [3.8, 4) is 23.5 Å². The topological polar surface area (TPSA) is 49.4 Å². The Morgan fingerprint density at radius 3 is 2.25 bits per heavy atom. The number of hydrogen-bond donors (Lipinski definition) is 1. The molecule has 5 heteroatoms. The van der Waals surface area contributed by atoms with Crippen LogP contribution in [0.5, 0.6) is 0 Å². The second-order valence-corrected chi connectivity index (χ2v) is 8.97. The van der Waals surface area contributed by atoms with Crippen molar-refractivity contribution >= 4 is 28.8 Å². The molecule has 1 saturated carbocycles. The number of anilines is 1. The standard InChI is InChI=1S/C27H26N2O2S/c1-2-25(30)29(23-17-15-21(16-18-23)20-10-5-3-6-11-20)26(24-14-9-19-32-24)27(31)28-22-12-7-4-8-13-22/h1,3,5-6,9-11,14-19,22,26H,4,7-8,12-13H2,(H,28,31). The molecule has 4 nitrogen and oxygen atoms in total. The number of benzene rings is 2. The smallest absolute Gasteiger partial charge is 0.303 e. The summed E-state index contributed by atoms with van der Waals surface area (Å²) in [6.07, 6.45) is 10.9. The average Bonchev–Trinajstić information content (AvgIpc) is 3.37. The number of hydrogen-bond acceptors (Lipinski definition) is 3. The number of nitrogens with zero attached hydrogens (tertiary/aromatic N) is 1. The lowest BCUT2D eigenvalue weighted by Crippen LogP contribution is -2.46. The van der Waals surface area contributed by atoms with Gasteiger partial charge in [-0.05, 0) is 53.5 Å². The maximum absolute atomic E-state index is 13.5. The Morgan fingerprint density at radius 2 is 1.62 bits per heavy atom. The third-order valence-electron chi connectivity index (χ3n) is 5.87. The van der Waals surface area contributed by atoms with Gasteiger partial charge in [-0.15, -0.1) is 17.8 Å². The van der Waals surface area contributed by atoms with E-state index in [4.69, 9.17) is 6.42 Å². The van der Waals surface area contributed by atoms with Crippen molar-refractivity contribution in [1.29, 1.82) is 0 Å². The van der Waals surface area contributed by atoms with E-state index < -0.39 is 11.9 Å². The molecule has 0 saturated heterocycles. The lowest BCUT2D eigenvalue weighted by molar-refractivity contribution is -0.125. The number of carbonyl (C=O) groups excluding carboxylic acids is 2. The van der Waals surface area contributed by atoms with Crippen LogP contribution in [0.3, 0.4) is 0 Å². The highest BCUT2D eigenvalue weighted by Gasteiger charge is 2.34. The van der Waals surface area contributed by atoms with Gasteiger partial charge in [-0.25, -0.2) is 0 Å². The molecule has 1 aliphatic rings. The van der Waals surface area contributed by atoms with Crippen molar-refractivity contribution in [2.24, 2.45) is 0 Å². The van der Waals surface area contributed by atoms with Crippen LogP contribution in [0.25, 0.3) is 11.1 Å². The van der Waals surface area contributed by atoms with Gasteiger partial charge in [0.2, 0.25) is 5.91 Å². The van der Waals surface area contributed by atoms with Crippen LogP contribution in [0.2, 0.25) is 0 Å². The summed E-state index contributed by atoms with van der Waals surface area (Å²) in [6, 6.07) is 20.7. The van der Waals surface area contributed by atoms with Crippen LogP contribution >= 0.6 is 11.3 Å². The maximum Gasteiger partial charge on any atom is 0.303 e. The largest absolute Gasteiger partial charge is 0.351 e. The van der Waals surface area contributed by atoms with Gasteiger partial charge >= 0.3 is 5.91 Å².